The number of para-hydroxylation sites is 1. The van der Waals surface area contributed by atoms with Crippen LogP contribution in [0.5, 0.6) is 5.75 Å². The molecule has 0 spiro atoms. The number of fused-ring (bicyclic) bond motifs is 3. The van der Waals surface area contributed by atoms with Crippen molar-refractivity contribution in [2.75, 3.05) is 6.61 Å². The molecule has 30 heavy (non-hydrogen) atoms. The molecule has 0 aliphatic rings. The number of nitro benzene ring substituents is 1. The number of halogens is 1. The fourth-order valence-electron chi connectivity index (χ4n) is 3.76. The summed E-state index contributed by atoms with van der Waals surface area (Å²) in [5, 5.41) is 14.4. The fraction of sp³-hybridized carbons (Fsp3) is 0.208. The van der Waals surface area contributed by atoms with Crippen molar-refractivity contribution in [3.63, 3.8) is 0 Å². The molecule has 3 aromatic carbocycles. The van der Waals surface area contributed by atoms with Crippen LogP contribution < -0.4 is 21.7 Å². The second-order valence-corrected chi connectivity index (χ2v) is 7.14. The number of rotatable bonds is 6. The molecule has 1 heterocycles. The Balaban J connectivity index is 0.00000256. The summed E-state index contributed by atoms with van der Waals surface area (Å²) in [6, 6.07) is 21.2. The van der Waals surface area contributed by atoms with Crippen molar-refractivity contribution < 1.29 is 26.6 Å². The number of aryl methyl sites for hydroxylation is 1. The summed E-state index contributed by atoms with van der Waals surface area (Å²) in [4.78, 5) is 10.7. The van der Waals surface area contributed by atoms with Crippen molar-refractivity contribution >= 4 is 27.4 Å². The van der Waals surface area contributed by atoms with E-state index < -0.39 is 0 Å². The van der Waals surface area contributed by atoms with Crippen LogP contribution in [0.4, 0.5) is 5.69 Å². The topological polar surface area (TPSA) is 56.3 Å². The van der Waals surface area contributed by atoms with Gasteiger partial charge in [-0.05, 0) is 42.8 Å². The summed E-state index contributed by atoms with van der Waals surface area (Å²) in [5.41, 5.74) is 3.13. The summed E-state index contributed by atoms with van der Waals surface area (Å²) in [6.45, 7) is 2.83. The van der Waals surface area contributed by atoms with Crippen molar-refractivity contribution in [1.82, 2.24) is 0 Å². The molecule has 0 unspecified atom stereocenters. The van der Waals surface area contributed by atoms with Crippen LogP contribution in [0.25, 0.3) is 32.9 Å². The van der Waals surface area contributed by atoms with E-state index in [1.807, 2.05) is 37.4 Å². The second-order valence-electron chi connectivity index (χ2n) is 7.14. The molecule has 154 valence electrons. The molecule has 0 aliphatic carbocycles. The van der Waals surface area contributed by atoms with E-state index in [0.717, 1.165) is 51.5 Å². The molecule has 1 aromatic heterocycles. The average Bonchev–Trinajstić information content (AvgIpc) is 2.74. The molecular weight excluding hydrogens is 400 g/mol. The number of hydrogen-bond donors (Lipinski definition) is 0. The molecule has 0 N–H and O–H groups in total. The number of pyridine rings is 1. The van der Waals surface area contributed by atoms with Gasteiger partial charge in [0.25, 0.3) is 5.69 Å². The van der Waals surface area contributed by atoms with Gasteiger partial charge in [0.2, 0.25) is 11.2 Å². The van der Waals surface area contributed by atoms with E-state index in [1.54, 1.807) is 12.1 Å². The van der Waals surface area contributed by atoms with E-state index in [1.165, 1.54) is 0 Å². The maximum atomic E-state index is 11.1. The lowest BCUT2D eigenvalue weighted by Gasteiger charge is -2.12. The highest BCUT2D eigenvalue weighted by molar-refractivity contribution is 6.09. The number of ether oxygens (including phenoxy) is 1. The van der Waals surface area contributed by atoms with Gasteiger partial charge < -0.3 is 17.1 Å². The van der Waals surface area contributed by atoms with E-state index in [-0.39, 0.29) is 23.0 Å². The monoisotopic (exact) mass is 422 g/mol. The van der Waals surface area contributed by atoms with Crippen molar-refractivity contribution in [2.24, 2.45) is 7.05 Å². The number of hydrogen-bond acceptors (Lipinski definition) is 3. The molecule has 4 aromatic rings. The Bertz CT molecular complexity index is 1210. The summed E-state index contributed by atoms with van der Waals surface area (Å²) in [5.74, 6) is 0.837. The zero-order valence-electron chi connectivity index (χ0n) is 17.0. The van der Waals surface area contributed by atoms with Gasteiger partial charge in [-0.1, -0.05) is 25.5 Å². The first kappa shape index (κ1) is 21.5. The molecule has 6 heteroatoms. The largest absolute Gasteiger partial charge is 1.00 e. The van der Waals surface area contributed by atoms with Crippen molar-refractivity contribution in [2.45, 2.75) is 19.8 Å². The predicted molar refractivity (Wildman–Crippen MR) is 115 cm³/mol. The summed E-state index contributed by atoms with van der Waals surface area (Å²) >= 11 is 0. The first-order valence-corrected chi connectivity index (χ1v) is 9.82. The third-order valence-corrected chi connectivity index (χ3v) is 5.26. The van der Waals surface area contributed by atoms with E-state index in [2.05, 4.69) is 35.8 Å². The SMILES string of the molecule is CCCCOc1ccc2c(c1)c(-c1ccc([N+](=O)[O-])cc1)[n+](C)c1ccccc21.[Cl-]. The van der Waals surface area contributed by atoms with Crippen LogP contribution in [0, 0.1) is 10.1 Å². The first-order valence-electron chi connectivity index (χ1n) is 9.82. The summed E-state index contributed by atoms with van der Waals surface area (Å²) < 4.78 is 8.10. The molecule has 0 aliphatic heterocycles. The molecule has 0 saturated carbocycles. The highest BCUT2D eigenvalue weighted by atomic mass is 35.5. The highest BCUT2D eigenvalue weighted by Crippen LogP contribution is 2.34. The Labute approximate surface area is 181 Å². The zero-order valence-corrected chi connectivity index (χ0v) is 17.7. The van der Waals surface area contributed by atoms with Gasteiger partial charge in [0, 0.05) is 29.1 Å². The minimum Gasteiger partial charge on any atom is -1.00 e. The van der Waals surface area contributed by atoms with Crippen LogP contribution in [-0.2, 0) is 7.05 Å². The number of benzene rings is 3. The van der Waals surface area contributed by atoms with Crippen LogP contribution in [0.2, 0.25) is 0 Å². The maximum absolute atomic E-state index is 11.1. The van der Waals surface area contributed by atoms with Gasteiger partial charge in [0.05, 0.1) is 22.3 Å². The molecular formula is C24H23ClN2O3. The Morgan fingerprint density at radius 1 is 0.967 bits per heavy atom. The van der Waals surface area contributed by atoms with Gasteiger partial charge in [0.15, 0.2) is 0 Å². The second kappa shape index (κ2) is 9.09. The van der Waals surface area contributed by atoms with Crippen molar-refractivity contribution in [1.29, 1.82) is 0 Å². The molecule has 0 radical (unpaired) electrons. The average molecular weight is 423 g/mol. The van der Waals surface area contributed by atoms with Crippen LogP contribution in [0.15, 0.2) is 66.7 Å². The Hall–Kier alpha value is -3.18. The molecule has 4 rings (SSSR count). The van der Waals surface area contributed by atoms with E-state index in [4.69, 9.17) is 4.74 Å². The predicted octanol–water partition coefficient (Wildman–Crippen LogP) is 2.58. The van der Waals surface area contributed by atoms with Gasteiger partial charge in [0.1, 0.15) is 12.8 Å². The Morgan fingerprint density at radius 3 is 2.40 bits per heavy atom. The number of unbranched alkanes of at least 4 members (excludes halogenated alkanes) is 1. The highest BCUT2D eigenvalue weighted by Gasteiger charge is 2.21. The third kappa shape index (κ3) is 3.94. The van der Waals surface area contributed by atoms with E-state index in [9.17, 15) is 10.1 Å². The molecule has 0 amide bonds. The number of aromatic nitrogens is 1. The molecule has 0 saturated heterocycles. The van der Waals surface area contributed by atoms with Crippen molar-refractivity contribution in [3.8, 4) is 17.0 Å². The number of nitro groups is 1. The molecule has 0 atom stereocenters. The lowest BCUT2D eigenvalue weighted by molar-refractivity contribution is -0.632. The summed E-state index contributed by atoms with van der Waals surface area (Å²) in [6.07, 6.45) is 2.10. The lowest BCUT2D eigenvalue weighted by atomic mass is 9.99. The van der Waals surface area contributed by atoms with Crippen LogP contribution >= 0.6 is 0 Å². The standard InChI is InChI=1S/C24H23N2O3.ClH/c1-3-4-15-29-19-13-14-20-21-7-5-6-8-23(21)25(2)24(22(20)16-19)17-9-11-18(12-10-17)26(27)28;/h5-14,16H,3-4,15H2,1-2H3;1H/q+1;/p-1. The fourth-order valence-corrected chi connectivity index (χ4v) is 3.76. The Kier molecular flexibility index (Phi) is 6.53. The van der Waals surface area contributed by atoms with E-state index in [0.29, 0.717) is 6.61 Å². The van der Waals surface area contributed by atoms with Gasteiger partial charge in [-0.15, -0.1) is 0 Å². The maximum Gasteiger partial charge on any atom is 0.269 e. The molecule has 0 fully saturated rings. The van der Waals surface area contributed by atoms with Gasteiger partial charge in [-0.25, -0.2) is 0 Å². The van der Waals surface area contributed by atoms with E-state index >= 15 is 0 Å². The normalized spacial score (nSPS) is 10.7. The quantitative estimate of drug-likeness (QED) is 0.158. The summed E-state index contributed by atoms with van der Waals surface area (Å²) in [7, 11) is 2.03. The van der Waals surface area contributed by atoms with Crippen LogP contribution in [0.3, 0.4) is 0 Å². The zero-order chi connectivity index (χ0) is 20.4. The minimum absolute atomic E-state index is 0. The van der Waals surface area contributed by atoms with Gasteiger partial charge in [-0.2, -0.15) is 4.57 Å². The molecule has 0 bridgehead atoms. The minimum atomic E-state index is -0.373. The van der Waals surface area contributed by atoms with Gasteiger partial charge >= 0.3 is 0 Å². The Morgan fingerprint density at radius 2 is 1.70 bits per heavy atom. The first-order chi connectivity index (χ1) is 14.1. The number of non-ortho nitro benzene ring substituents is 1. The molecule has 5 nitrogen and oxygen atoms in total. The van der Waals surface area contributed by atoms with Crippen molar-refractivity contribution in [3.05, 3.63) is 76.8 Å². The number of nitrogens with zero attached hydrogens (tertiary/aromatic N) is 2. The van der Waals surface area contributed by atoms with Crippen LogP contribution in [0.1, 0.15) is 19.8 Å². The smallest absolute Gasteiger partial charge is 0.269 e. The van der Waals surface area contributed by atoms with Crippen LogP contribution in [-0.4, -0.2) is 11.5 Å². The lowest BCUT2D eigenvalue weighted by Crippen LogP contribution is -3.00. The third-order valence-electron chi connectivity index (χ3n) is 5.26. The van der Waals surface area contributed by atoms with Gasteiger partial charge in [-0.3, -0.25) is 10.1 Å².